The zero-order valence-electron chi connectivity index (χ0n) is 11.8. The lowest BCUT2D eigenvalue weighted by Gasteiger charge is -2.07. The smallest absolute Gasteiger partial charge is 0.358 e. The molecule has 0 spiro atoms. The fourth-order valence-electron chi connectivity index (χ4n) is 2.20. The van der Waals surface area contributed by atoms with E-state index >= 15 is 0 Å². The molecular weight excluding hydrogens is 254 g/mol. The minimum atomic E-state index is -1.04. The van der Waals surface area contributed by atoms with Gasteiger partial charge in [-0.1, -0.05) is 48.7 Å². The molecule has 20 heavy (non-hydrogen) atoms. The van der Waals surface area contributed by atoms with Crippen LogP contribution in [0.4, 0.5) is 0 Å². The van der Waals surface area contributed by atoms with Gasteiger partial charge in [-0.3, -0.25) is 0 Å². The summed E-state index contributed by atoms with van der Waals surface area (Å²) in [6.07, 6.45) is 3.17. The maximum atomic E-state index is 11.3. The molecule has 0 fully saturated rings. The van der Waals surface area contributed by atoms with Crippen molar-refractivity contribution in [3.05, 3.63) is 35.5 Å². The second-order valence-corrected chi connectivity index (χ2v) is 4.89. The van der Waals surface area contributed by atoms with Gasteiger partial charge in [-0.25, -0.2) is 9.48 Å². The molecule has 1 aromatic heterocycles. The number of rotatable bonds is 6. The van der Waals surface area contributed by atoms with Crippen molar-refractivity contribution in [2.75, 3.05) is 0 Å². The zero-order valence-corrected chi connectivity index (χ0v) is 11.8. The van der Waals surface area contributed by atoms with Gasteiger partial charge >= 0.3 is 5.97 Å². The first kappa shape index (κ1) is 14.2. The third kappa shape index (κ3) is 3.04. The average Bonchev–Trinajstić information content (AvgIpc) is 2.83. The summed E-state index contributed by atoms with van der Waals surface area (Å²) in [5.41, 5.74) is 2.55. The molecule has 0 aliphatic rings. The summed E-state index contributed by atoms with van der Waals surface area (Å²) in [6.45, 7) is 4.80. The van der Waals surface area contributed by atoms with Crippen LogP contribution in [0.1, 0.15) is 42.2 Å². The highest BCUT2D eigenvalue weighted by atomic mass is 16.4. The monoisotopic (exact) mass is 273 g/mol. The van der Waals surface area contributed by atoms with Crippen molar-refractivity contribution in [1.82, 2.24) is 15.0 Å². The molecule has 5 nitrogen and oxygen atoms in total. The lowest BCUT2D eigenvalue weighted by molar-refractivity contribution is 0.0691. The lowest BCUT2D eigenvalue weighted by Crippen LogP contribution is -2.05. The molecule has 0 bridgehead atoms. The first-order valence-corrected chi connectivity index (χ1v) is 6.87. The van der Waals surface area contributed by atoms with Crippen molar-refractivity contribution in [3.63, 3.8) is 0 Å². The molecule has 0 aliphatic heterocycles. The number of unbranched alkanes of at least 4 members (excludes halogenated alkanes) is 2. The maximum absolute atomic E-state index is 11.3. The number of aromatic nitrogens is 3. The number of aromatic carboxylic acids is 1. The largest absolute Gasteiger partial charge is 0.476 e. The Labute approximate surface area is 118 Å². The molecule has 5 heteroatoms. The first-order chi connectivity index (χ1) is 9.63. The highest BCUT2D eigenvalue weighted by molar-refractivity contribution is 5.92. The minimum Gasteiger partial charge on any atom is -0.476 e. The molecule has 106 valence electrons. The summed E-state index contributed by atoms with van der Waals surface area (Å²) in [7, 11) is 0. The molecule has 1 N–H and O–H groups in total. The minimum absolute atomic E-state index is 0.0205. The van der Waals surface area contributed by atoms with E-state index in [2.05, 4.69) is 17.2 Å². The van der Waals surface area contributed by atoms with E-state index in [1.165, 1.54) is 0 Å². The number of hydrogen-bond acceptors (Lipinski definition) is 3. The van der Waals surface area contributed by atoms with Crippen molar-refractivity contribution in [1.29, 1.82) is 0 Å². The summed E-state index contributed by atoms with van der Waals surface area (Å²) < 4.78 is 1.70. The number of nitrogens with zero attached hydrogens (tertiary/aromatic N) is 3. The van der Waals surface area contributed by atoms with E-state index < -0.39 is 5.97 Å². The third-order valence-corrected chi connectivity index (χ3v) is 3.20. The number of aryl methyl sites for hydroxylation is 2. The molecule has 0 radical (unpaired) electrons. The molecule has 0 aliphatic carbocycles. The molecule has 0 amide bonds. The van der Waals surface area contributed by atoms with Gasteiger partial charge < -0.3 is 5.11 Å². The molecule has 1 aromatic carbocycles. The number of carboxylic acids is 1. The normalized spacial score (nSPS) is 10.7. The summed E-state index contributed by atoms with van der Waals surface area (Å²) in [5.74, 6) is -1.04. The van der Waals surface area contributed by atoms with Crippen molar-refractivity contribution >= 4 is 5.97 Å². The molecule has 0 saturated heterocycles. The summed E-state index contributed by atoms with van der Waals surface area (Å²) in [5, 5.41) is 17.1. The van der Waals surface area contributed by atoms with E-state index in [0.29, 0.717) is 12.2 Å². The molecular formula is C15H19N3O2. The van der Waals surface area contributed by atoms with E-state index in [4.69, 9.17) is 0 Å². The van der Waals surface area contributed by atoms with Crippen LogP contribution >= 0.6 is 0 Å². The standard InChI is InChI=1S/C15H19N3O2/c1-3-4-5-9-18-14(13(15(19)20)16-17-18)12-8-6-7-11(2)10-12/h6-8,10H,3-5,9H2,1-2H3,(H,19,20). The average molecular weight is 273 g/mol. The Kier molecular flexibility index (Phi) is 4.50. The Balaban J connectivity index is 2.41. The summed E-state index contributed by atoms with van der Waals surface area (Å²) in [4.78, 5) is 11.3. The number of carboxylic acid groups (broad SMARTS) is 1. The quantitative estimate of drug-likeness (QED) is 0.821. The Morgan fingerprint density at radius 1 is 1.35 bits per heavy atom. The van der Waals surface area contributed by atoms with Gasteiger partial charge in [0.2, 0.25) is 0 Å². The second kappa shape index (κ2) is 6.32. The Bertz CT molecular complexity index is 605. The van der Waals surface area contributed by atoms with E-state index in [1.807, 2.05) is 31.2 Å². The van der Waals surface area contributed by atoms with Gasteiger partial charge in [-0.2, -0.15) is 0 Å². The van der Waals surface area contributed by atoms with Gasteiger partial charge in [0.1, 0.15) is 5.69 Å². The molecule has 1 heterocycles. The number of benzene rings is 1. The molecule has 0 atom stereocenters. The third-order valence-electron chi connectivity index (χ3n) is 3.20. The molecule has 2 rings (SSSR count). The predicted octanol–water partition coefficient (Wildman–Crippen LogP) is 3.14. The van der Waals surface area contributed by atoms with Crippen LogP contribution in [0.15, 0.2) is 24.3 Å². The first-order valence-electron chi connectivity index (χ1n) is 6.87. The fourth-order valence-corrected chi connectivity index (χ4v) is 2.20. The van der Waals surface area contributed by atoms with E-state index in [-0.39, 0.29) is 5.69 Å². The van der Waals surface area contributed by atoms with Gasteiger partial charge in [0.05, 0.1) is 0 Å². The van der Waals surface area contributed by atoms with Crippen LogP contribution in [0.5, 0.6) is 0 Å². The summed E-state index contributed by atoms with van der Waals surface area (Å²) in [6, 6.07) is 7.75. The maximum Gasteiger partial charge on any atom is 0.358 e. The number of hydrogen-bond donors (Lipinski definition) is 1. The molecule has 2 aromatic rings. The fraction of sp³-hybridized carbons (Fsp3) is 0.400. The van der Waals surface area contributed by atoms with Gasteiger partial charge in [0.15, 0.2) is 5.69 Å². The second-order valence-electron chi connectivity index (χ2n) is 4.89. The van der Waals surface area contributed by atoms with Crippen molar-refractivity contribution in [2.45, 2.75) is 39.7 Å². The number of carbonyl (C=O) groups is 1. The van der Waals surface area contributed by atoms with E-state index in [0.717, 1.165) is 30.4 Å². The molecule has 0 saturated carbocycles. The topological polar surface area (TPSA) is 68.0 Å². The van der Waals surface area contributed by atoms with Gasteiger partial charge in [-0.05, 0) is 19.4 Å². The Morgan fingerprint density at radius 3 is 2.80 bits per heavy atom. The van der Waals surface area contributed by atoms with Gasteiger partial charge in [0.25, 0.3) is 0 Å². The SMILES string of the molecule is CCCCCn1nnc(C(=O)O)c1-c1cccc(C)c1. The van der Waals surface area contributed by atoms with Crippen LogP contribution in [-0.2, 0) is 6.54 Å². The van der Waals surface area contributed by atoms with Crippen molar-refractivity contribution in [3.8, 4) is 11.3 Å². The summed E-state index contributed by atoms with van der Waals surface area (Å²) >= 11 is 0. The van der Waals surface area contributed by atoms with Gasteiger partial charge in [0, 0.05) is 12.1 Å². The van der Waals surface area contributed by atoms with Gasteiger partial charge in [-0.15, -0.1) is 5.10 Å². The molecule has 0 unspecified atom stereocenters. The van der Waals surface area contributed by atoms with Crippen LogP contribution in [0, 0.1) is 6.92 Å². The van der Waals surface area contributed by atoms with Crippen LogP contribution in [0.25, 0.3) is 11.3 Å². The van der Waals surface area contributed by atoms with Crippen LogP contribution in [-0.4, -0.2) is 26.1 Å². The van der Waals surface area contributed by atoms with E-state index in [1.54, 1.807) is 4.68 Å². The van der Waals surface area contributed by atoms with E-state index in [9.17, 15) is 9.90 Å². The van der Waals surface area contributed by atoms with Crippen molar-refractivity contribution < 1.29 is 9.90 Å². The zero-order chi connectivity index (χ0) is 14.5. The Hall–Kier alpha value is -2.17. The van der Waals surface area contributed by atoms with Crippen LogP contribution in [0.2, 0.25) is 0 Å². The van der Waals surface area contributed by atoms with Crippen LogP contribution in [0.3, 0.4) is 0 Å². The highest BCUT2D eigenvalue weighted by Crippen LogP contribution is 2.23. The predicted molar refractivity (Wildman–Crippen MR) is 76.7 cm³/mol. The lowest BCUT2D eigenvalue weighted by atomic mass is 10.1. The van der Waals surface area contributed by atoms with Crippen LogP contribution < -0.4 is 0 Å². The van der Waals surface area contributed by atoms with Crippen molar-refractivity contribution in [2.24, 2.45) is 0 Å². The highest BCUT2D eigenvalue weighted by Gasteiger charge is 2.20. The Morgan fingerprint density at radius 2 is 2.15 bits per heavy atom.